The van der Waals surface area contributed by atoms with Gasteiger partial charge in [0.1, 0.15) is 0 Å². The van der Waals surface area contributed by atoms with Gasteiger partial charge in [0.05, 0.1) is 0 Å². The van der Waals surface area contributed by atoms with Crippen LogP contribution < -0.4 is 0 Å². The fraction of sp³-hybridized carbons (Fsp3) is 1.00. The molecule has 0 aromatic carbocycles. The fourth-order valence-corrected chi connectivity index (χ4v) is 3.02. The molecular weight excluding hydrogens is 184 g/mol. The molecule has 88 valence electrons. The van der Waals surface area contributed by atoms with E-state index in [1.807, 2.05) is 0 Å². The molecule has 2 aliphatic rings. The van der Waals surface area contributed by atoms with Gasteiger partial charge in [-0.05, 0) is 37.5 Å². The fourth-order valence-electron chi connectivity index (χ4n) is 3.02. The molecule has 3 atom stereocenters. The van der Waals surface area contributed by atoms with Crippen LogP contribution in [0.1, 0.15) is 40.5 Å². The summed E-state index contributed by atoms with van der Waals surface area (Å²) in [5.74, 6) is 2.65. The first-order valence-corrected chi connectivity index (χ1v) is 6.61. The molecule has 0 aliphatic carbocycles. The molecule has 3 unspecified atom stereocenters. The van der Waals surface area contributed by atoms with E-state index in [9.17, 15) is 0 Å². The van der Waals surface area contributed by atoms with Crippen molar-refractivity contribution in [2.75, 3.05) is 19.6 Å². The highest BCUT2D eigenvalue weighted by molar-refractivity contribution is 4.84. The molecule has 0 N–H and O–H groups in total. The lowest BCUT2D eigenvalue weighted by molar-refractivity contribution is -0.0203. The predicted molar refractivity (Wildman–Crippen MR) is 64.5 cm³/mol. The smallest absolute Gasteiger partial charge is 0.0243 e. The number of hydrogen-bond acceptors (Lipinski definition) is 2. The first kappa shape index (κ1) is 11.4. The Bertz CT molecular complexity index is 215. The maximum Gasteiger partial charge on any atom is 0.0243 e. The van der Waals surface area contributed by atoms with Gasteiger partial charge in [0, 0.05) is 25.7 Å². The van der Waals surface area contributed by atoms with Crippen molar-refractivity contribution in [3.8, 4) is 0 Å². The molecule has 2 heteroatoms. The summed E-state index contributed by atoms with van der Waals surface area (Å²) < 4.78 is 0. The third kappa shape index (κ3) is 2.21. The van der Waals surface area contributed by atoms with Gasteiger partial charge in [-0.1, -0.05) is 20.8 Å². The second-order valence-corrected chi connectivity index (χ2v) is 5.88. The van der Waals surface area contributed by atoms with Crippen molar-refractivity contribution in [2.45, 2.75) is 46.6 Å². The van der Waals surface area contributed by atoms with Crippen LogP contribution in [0.15, 0.2) is 0 Å². The van der Waals surface area contributed by atoms with Crippen LogP contribution in [0.4, 0.5) is 0 Å². The maximum absolute atomic E-state index is 2.63. The molecule has 0 aromatic heterocycles. The van der Waals surface area contributed by atoms with Gasteiger partial charge >= 0.3 is 0 Å². The van der Waals surface area contributed by atoms with Crippen LogP contribution in [0.3, 0.4) is 0 Å². The standard InChI is InChI=1S/C13H26N2/c1-10(2)13-6-7-14(9-13)15-8-5-11(3)12(15)4/h10-13H,5-9H2,1-4H3. The Morgan fingerprint density at radius 2 is 1.80 bits per heavy atom. The van der Waals surface area contributed by atoms with E-state index in [4.69, 9.17) is 0 Å². The van der Waals surface area contributed by atoms with Crippen LogP contribution in [0.5, 0.6) is 0 Å². The lowest BCUT2D eigenvalue weighted by Crippen LogP contribution is -2.44. The topological polar surface area (TPSA) is 6.48 Å². The molecular formula is C13H26N2. The highest BCUT2D eigenvalue weighted by atomic mass is 15.6. The van der Waals surface area contributed by atoms with Crippen LogP contribution in [0, 0.1) is 17.8 Å². The van der Waals surface area contributed by atoms with Crippen LogP contribution in [-0.2, 0) is 0 Å². The summed E-state index contributed by atoms with van der Waals surface area (Å²) in [7, 11) is 0. The number of hydrazine groups is 1. The van der Waals surface area contributed by atoms with Gasteiger partial charge in [-0.3, -0.25) is 0 Å². The Morgan fingerprint density at radius 3 is 2.27 bits per heavy atom. The summed E-state index contributed by atoms with van der Waals surface area (Å²) >= 11 is 0. The monoisotopic (exact) mass is 210 g/mol. The van der Waals surface area contributed by atoms with Crippen molar-refractivity contribution >= 4 is 0 Å². The maximum atomic E-state index is 2.63. The van der Waals surface area contributed by atoms with Gasteiger partial charge < -0.3 is 0 Å². The van der Waals surface area contributed by atoms with E-state index in [-0.39, 0.29) is 0 Å². The molecule has 2 rings (SSSR count). The Kier molecular flexibility index (Phi) is 3.36. The normalized spacial score (nSPS) is 39.4. The Labute approximate surface area is 94.6 Å². The van der Waals surface area contributed by atoms with E-state index in [1.165, 1.54) is 32.5 Å². The molecule has 0 bridgehead atoms. The van der Waals surface area contributed by atoms with Crippen LogP contribution in [-0.4, -0.2) is 35.7 Å². The molecule has 2 heterocycles. The Morgan fingerprint density at radius 1 is 1.07 bits per heavy atom. The summed E-state index contributed by atoms with van der Waals surface area (Å²) in [5, 5.41) is 5.26. The minimum Gasteiger partial charge on any atom is -0.241 e. The molecule has 2 nitrogen and oxygen atoms in total. The van der Waals surface area contributed by atoms with Crippen LogP contribution >= 0.6 is 0 Å². The average molecular weight is 210 g/mol. The Hall–Kier alpha value is -0.0800. The first-order chi connectivity index (χ1) is 7.09. The number of hydrogen-bond donors (Lipinski definition) is 0. The molecule has 0 amide bonds. The van der Waals surface area contributed by atoms with Crippen molar-refractivity contribution < 1.29 is 0 Å². The van der Waals surface area contributed by atoms with Gasteiger partial charge in [-0.25, -0.2) is 10.0 Å². The summed E-state index contributed by atoms with van der Waals surface area (Å²) in [6, 6.07) is 0.760. The summed E-state index contributed by atoms with van der Waals surface area (Å²) in [4.78, 5) is 0. The van der Waals surface area contributed by atoms with E-state index < -0.39 is 0 Å². The van der Waals surface area contributed by atoms with Crippen LogP contribution in [0.25, 0.3) is 0 Å². The van der Waals surface area contributed by atoms with E-state index in [0.29, 0.717) is 0 Å². The largest absolute Gasteiger partial charge is 0.241 e. The predicted octanol–water partition coefficient (Wildman–Crippen LogP) is 2.61. The number of rotatable bonds is 2. The van der Waals surface area contributed by atoms with Crippen molar-refractivity contribution in [1.29, 1.82) is 0 Å². The Balaban J connectivity index is 1.91. The molecule has 2 aliphatic heterocycles. The summed E-state index contributed by atoms with van der Waals surface area (Å²) in [6.45, 7) is 13.4. The van der Waals surface area contributed by atoms with Gasteiger partial charge in [0.25, 0.3) is 0 Å². The van der Waals surface area contributed by atoms with Gasteiger partial charge in [-0.2, -0.15) is 0 Å². The van der Waals surface area contributed by atoms with Crippen molar-refractivity contribution in [3.05, 3.63) is 0 Å². The van der Waals surface area contributed by atoms with E-state index in [2.05, 4.69) is 37.7 Å². The van der Waals surface area contributed by atoms with Crippen molar-refractivity contribution in [2.24, 2.45) is 17.8 Å². The first-order valence-electron chi connectivity index (χ1n) is 6.61. The lowest BCUT2D eigenvalue weighted by Gasteiger charge is -2.33. The van der Waals surface area contributed by atoms with E-state index in [0.717, 1.165) is 23.8 Å². The van der Waals surface area contributed by atoms with Crippen molar-refractivity contribution in [1.82, 2.24) is 10.0 Å². The molecule has 2 saturated heterocycles. The average Bonchev–Trinajstić information content (AvgIpc) is 2.76. The molecule has 0 spiro atoms. The lowest BCUT2D eigenvalue weighted by atomic mass is 9.96. The van der Waals surface area contributed by atoms with Gasteiger partial charge in [0.2, 0.25) is 0 Å². The minimum atomic E-state index is 0.760. The van der Waals surface area contributed by atoms with Gasteiger partial charge in [-0.15, -0.1) is 0 Å². The van der Waals surface area contributed by atoms with Gasteiger partial charge in [0.15, 0.2) is 0 Å². The minimum absolute atomic E-state index is 0.760. The highest BCUT2D eigenvalue weighted by Crippen LogP contribution is 2.30. The molecule has 0 saturated carbocycles. The van der Waals surface area contributed by atoms with Crippen LogP contribution in [0.2, 0.25) is 0 Å². The second-order valence-electron chi connectivity index (χ2n) is 5.88. The molecule has 0 radical (unpaired) electrons. The third-order valence-electron chi connectivity index (χ3n) is 4.62. The third-order valence-corrected chi connectivity index (χ3v) is 4.62. The zero-order chi connectivity index (χ0) is 11.0. The molecule has 2 fully saturated rings. The van der Waals surface area contributed by atoms with E-state index in [1.54, 1.807) is 0 Å². The second kappa shape index (κ2) is 4.42. The summed E-state index contributed by atoms with van der Waals surface area (Å²) in [6.07, 6.45) is 2.78. The van der Waals surface area contributed by atoms with Crippen molar-refractivity contribution in [3.63, 3.8) is 0 Å². The van der Waals surface area contributed by atoms with E-state index >= 15 is 0 Å². The highest BCUT2D eigenvalue weighted by Gasteiger charge is 2.35. The summed E-state index contributed by atoms with van der Waals surface area (Å²) in [5.41, 5.74) is 0. The quantitative estimate of drug-likeness (QED) is 0.691. The zero-order valence-electron chi connectivity index (χ0n) is 10.7. The number of nitrogens with zero attached hydrogens (tertiary/aromatic N) is 2. The SMILES string of the molecule is CC(C)C1CCN(N2CCC(C)C2C)C1. The molecule has 15 heavy (non-hydrogen) atoms. The zero-order valence-corrected chi connectivity index (χ0v) is 10.7. The molecule has 0 aromatic rings.